The lowest BCUT2D eigenvalue weighted by Gasteiger charge is -2.25. The first-order valence-electron chi connectivity index (χ1n) is 9.63. The van der Waals surface area contributed by atoms with Crippen molar-refractivity contribution in [3.8, 4) is 0 Å². The van der Waals surface area contributed by atoms with Crippen molar-refractivity contribution < 1.29 is 37.5 Å². The van der Waals surface area contributed by atoms with Crippen LogP contribution in [0.3, 0.4) is 0 Å². The third-order valence-electron chi connectivity index (χ3n) is 4.83. The summed E-state index contributed by atoms with van der Waals surface area (Å²) in [5, 5.41) is 13.6. The second-order valence-corrected chi connectivity index (χ2v) is 7.39. The predicted molar refractivity (Wildman–Crippen MR) is 110 cm³/mol. The smallest absolute Gasteiger partial charge is 0.414 e. The lowest BCUT2D eigenvalue weighted by atomic mass is 10.2. The summed E-state index contributed by atoms with van der Waals surface area (Å²) in [6.07, 6.45) is -4.77. The number of hydrogen-bond donors (Lipinski definition) is 2. The van der Waals surface area contributed by atoms with Gasteiger partial charge in [-0.1, -0.05) is 0 Å². The standard InChI is InChI=1S/C18H22F3N5O5S/c1-23(29)17(32)26-5-4-24(6-7-30-26)14-3-2-11(8-13(14)19)25-10-12(31-18(25)28)9-22-16(27)15(20)21/h2-3,8,12,15,29H,4-7,9-10H2,1H3,(H,22,27)/t12-/m0/s1. The summed E-state index contributed by atoms with van der Waals surface area (Å²) in [5.74, 6) is -2.04. The maximum atomic E-state index is 14.9. The number of hydrogen-bond acceptors (Lipinski definition) is 7. The summed E-state index contributed by atoms with van der Waals surface area (Å²) in [4.78, 5) is 31.5. The van der Waals surface area contributed by atoms with Crippen molar-refractivity contribution in [2.45, 2.75) is 12.5 Å². The van der Waals surface area contributed by atoms with Gasteiger partial charge in [-0.3, -0.25) is 19.7 Å². The first-order valence-corrected chi connectivity index (χ1v) is 10.0. The van der Waals surface area contributed by atoms with Crippen LogP contribution in [0.1, 0.15) is 0 Å². The van der Waals surface area contributed by atoms with Crippen LogP contribution in [0.2, 0.25) is 0 Å². The summed E-state index contributed by atoms with van der Waals surface area (Å²) in [7, 11) is 1.37. The molecular formula is C18H22F3N5O5S. The third kappa shape index (κ3) is 5.49. The first-order chi connectivity index (χ1) is 15.2. The molecule has 2 N–H and O–H groups in total. The molecule has 2 aliphatic rings. The van der Waals surface area contributed by atoms with Crippen LogP contribution in [0.5, 0.6) is 0 Å². The fraction of sp³-hybridized carbons (Fsp3) is 0.500. The van der Waals surface area contributed by atoms with Gasteiger partial charge in [0.05, 0.1) is 37.6 Å². The van der Waals surface area contributed by atoms with E-state index >= 15 is 0 Å². The number of anilines is 2. The van der Waals surface area contributed by atoms with Gasteiger partial charge in [0, 0.05) is 20.1 Å². The highest BCUT2D eigenvalue weighted by atomic mass is 32.1. The minimum Gasteiger partial charge on any atom is -0.442 e. The lowest BCUT2D eigenvalue weighted by molar-refractivity contribution is -0.132. The van der Waals surface area contributed by atoms with Crippen LogP contribution in [0, 0.1) is 5.82 Å². The summed E-state index contributed by atoms with van der Waals surface area (Å²) >= 11 is 5.06. The number of cyclic esters (lactones) is 1. The molecule has 2 heterocycles. The van der Waals surface area contributed by atoms with E-state index in [-0.39, 0.29) is 42.7 Å². The fourth-order valence-corrected chi connectivity index (χ4v) is 3.40. The minimum absolute atomic E-state index is 0.0280. The Balaban J connectivity index is 1.63. The maximum absolute atomic E-state index is 14.9. The Labute approximate surface area is 186 Å². The van der Waals surface area contributed by atoms with Crippen LogP contribution in [0.25, 0.3) is 0 Å². The van der Waals surface area contributed by atoms with Crippen LogP contribution in [-0.2, 0) is 14.4 Å². The number of carbonyl (C=O) groups is 2. The predicted octanol–water partition coefficient (Wildman–Crippen LogP) is 1.19. The van der Waals surface area contributed by atoms with Crippen LogP contribution in [0.4, 0.5) is 29.3 Å². The van der Waals surface area contributed by atoms with E-state index in [1.54, 1.807) is 4.90 Å². The Morgan fingerprint density at radius 1 is 1.38 bits per heavy atom. The molecule has 1 aromatic carbocycles. The second kappa shape index (κ2) is 10.2. The summed E-state index contributed by atoms with van der Waals surface area (Å²) < 4.78 is 44.5. The molecule has 2 fully saturated rings. The molecule has 32 heavy (non-hydrogen) atoms. The SMILES string of the molecule is CN(O)C(=S)N1CCN(c2ccc(N3C[C@H](CNC(=O)C(F)F)OC3=O)cc2F)CCO1. The van der Waals surface area contributed by atoms with Crippen LogP contribution in [0.15, 0.2) is 18.2 Å². The monoisotopic (exact) mass is 477 g/mol. The molecule has 176 valence electrons. The number of nitrogens with zero attached hydrogens (tertiary/aromatic N) is 4. The van der Waals surface area contributed by atoms with E-state index in [1.807, 2.05) is 5.32 Å². The Hall–Kier alpha value is -2.84. The van der Waals surface area contributed by atoms with Gasteiger partial charge in [-0.2, -0.15) is 8.78 Å². The zero-order valence-electron chi connectivity index (χ0n) is 17.0. The number of carbonyl (C=O) groups excluding carboxylic acids is 2. The van der Waals surface area contributed by atoms with Crippen molar-refractivity contribution in [1.29, 1.82) is 0 Å². The average molecular weight is 477 g/mol. The quantitative estimate of drug-likeness (QED) is 0.479. The highest BCUT2D eigenvalue weighted by Crippen LogP contribution is 2.28. The summed E-state index contributed by atoms with van der Waals surface area (Å²) in [5.41, 5.74) is 0.519. The third-order valence-corrected chi connectivity index (χ3v) is 5.30. The molecule has 0 saturated carbocycles. The molecule has 0 aliphatic carbocycles. The number of hydroxylamine groups is 4. The van der Waals surface area contributed by atoms with Gasteiger partial charge in [0.15, 0.2) is 0 Å². The van der Waals surface area contributed by atoms with E-state index in [1.165, 1.54) is 30.3 Å². The zero-order valence-corrected chi connectivity index (χ0v) is 17.9. The normalized spacial score (nSPS) is 19.1. The molecule has 0 bridgehead atoms. The van der Waals surface area contributed by atoms with Gasteiger partial charge in [-0.15, -0.1) is 0 Å². The Kier molecular flexibility index (Phi) is 7.58. The van der Waals surface area contributed by atoms with Gasteiger partial charge < -0.3 is 15.0 Å². The number of benzene rings is 1. The molecule has 2 aliphatic heterocycles. The van der Waals surface area contributed by atoms with Crippen molar-refractivity contribution in [1.82, 2.24) is 15.4 Å². The number of nitrogens with one attached hydrogen (secondary N) is 1. The molecule has 10 nitrogen and oxygen atoms in total. The van der Waals surface area contributed by atoms with Crippen LogP contribution < -0.4 is 15.1 Å². The number of ether oxygens (including phenoxy) is 1. The highest BCUT2D eigenvalue weighted by molar-refractivity contribution is 7.80. The maximum Gasteiger partial charge on any atom is 0.414 e. The van der Waals surface area contributed by atoms with E-state index in [2.05, 4.69) is 0 Å². The number of halogens is 3. The zero-order chi connectivity index (χ0) is 23.4. The minimum atomic E-state index is -3.17. The van der Waals surface area contributed by atoms with Gasteiger partial charge in [-0.05, 0) is 30.4 Å². The van der Waals surface area contributed by atoms with Gasteiger partial charge >= 0.3 is 12.5 Å². The highest BCUT2D eigenvalue weighted by Gasteiger charge is 2.33. The van der Waals surface area contributed by atoms with Crippen molar-refractivity contribution in [3.05, 3.63) is 24.0 Å². The van der Waals surface area contributed by atoms with E-state index < -0.39 is 30.3 Å². The van der Waals surface area contributed by atoms with Crippen LogP contribution >= 0.6 is 12.2 Å². The van der Waals surface area contributed by atoms with Gasteiger partial charge in [0.25, 0.3) is 5.91 Å². The number of rotatable bonds is 5. The first kappa shape index (κ1) is 23.8. The largest absolute Gasteiger partial charge is 0.442 e. The van der Waals surface area contributed by atoms with Gasteiger partial charge in [0.2, 0.25) is 5.11 Å². The number of thiocarbonyl (C=S) groups is 1. The fourth-order valence-electron chi connectivity index (χ4n) is 3.25. The topological polar surface area (TPSA) is 97.8 Å². The molecule has 0 spiro atoms. The van der Waals surface area contributed by atoms with Crippen molar-refractivity contribution in [3.63, 3.8) is 0 Å². The van der Waals surface area contributed by atoms with Crippen molar-refractivity contribution in [2.24, 2.45) is 0 Å². The van der Waals surface area contributed by atoms with Crippen molar-refractivity contribution in [2.75, 3.05) is 56.2 Å². The Morgan fingerprint density at radius 3 is 2.78 bits per heavy atom. The molecule has 0 aromatic heterocycles. The van der Waals surface area contributed by atoms with E-state index in [0.29, 0.717) is 13.1 Å². The van der Waals surface area contributed by atoms with E-state index in [9.17, 15) is 28.0 Å². The molecule has 14 heteroatoms. The second-order valence-electron chi connectivity index (χ2n) is 7.03. The lowest BCUT2D eigenvalue weighted by Crippen LogP contribution is -2.40. The molecule has 0 unspecified atom stereocenters. The molecule has 1 aromatic rings. The summed E-state index contributed by atoms with van der Waals surface area (Å²) in [6, 6.07) is 4.22. The van der Waals surface area contributed by atoms with Crippen molar-refractivity contribution >= 4 is 40.7 Å². The van der Waals surface area contributed by atoms with Gasteiger partial charge in [-0.25, -0.2) is 19.3 Å². The Bertz CT molecular complexity index is 877. The number of amides is 2. The van der Waals surface area contributed by atoms with Crippen LogP contribution in [-0.4, -0.2) is 91.4 Å². The molecule has 2 saturated heterocycles. The molecule has 3 rings (SSSR count). The number of alkyl halides is 2. The molecule has 1 atom stereocenters. The summed E-state index contributed by atoms with van der Waals surface area (Å²) in [6.45, 7) is 0.917. The molecular weight excluding hydrogens is 455 g/mol. The average Bonchev–Trinajstić information content (AvgIpc) is 2.95. The van der Waals surface area contributed by atoms with E-state index in [4.69, 9.17) is 21.8 Å². The van der Waals surface area contributed by atoms with E-state index in [0.717, 1.165) is 9.96 Å². The van der Waals surface area contributed by atoms with Gasteiger partial charge in [0.1, 0.15) is 11.9 Å². The molecule has 2 amide bonds. The molecule has 0 radical (unpaired) electrons. The Morgan fingerprint density at radius 2 is 2.12 bits per heavy atom.